The standard InChI is InChI=1S/C14H24N4/c1-14(2,18-9-5-3-4-6-10-18)13(15)12-11-16-7-8-17-12/h7-8,11,13H,3-6,9-10,15H2,1-2H3. The van der Waals surface area contributed by atoms with Gasteiger partial charge < -0.3 is 5.73 Å². The molecule has 1 fully saturated rings. The number of nitrogens with zero attached hydrogens (tertiary/aromatic N) is 3. The molecule has 1 saturated heterocycles. The SMILES string of the molecule is CC(C)(C(N)c1cnccn1)N1CCCCCC1. The van der Waals surface area contributed by atoms with Gasteiger partial charge >= 0.3 is 0 Å². The number of likely N-dealkylation sites (tertiary alicyclic amines) is 1. The van der Waals surface area contributed by atoms with Gasteiger partial charge in [-0.3, -0.25) is 14.9 Å². The quantitative estimate of drug-likeness (QED) is 0.890. The minimum Gasteiger partial charge on any atom is -0.321 e. The van der Waals surface area contributed by atoms with E-state index in [0.29, 0.717) is 0 Å². The van der Waals surface area contributed by atoms with E-state index in [1.54, 1.807) is 18.6 Å². The van der Waals surface area contributed by atoms with Crippen molar-refractivity contribution < 1.29 is 0 Å². The molecule has 1 aliphatic heterocycles. The Hall–Kier alpha value is -1.00. The summed E-state index contributed by atoms with van der Waals surface area (Å²) < 4.78 is 0. The van der Waals surface area contributed by atoms with E-state index in [0.717, 1.165) is 18.8 Å². The normalized spacial score (nSPS) is 20.4. The van der Waals surface area contributed by atoms with Crippen molar-refractivity contribution in [3.8, 4) is 0 Å². The maximum absolute atomic E-state index is 6.41. The second kappa shape index (κ2) is 5.76. The van der Waals surface area contributed by atoms with Crippen molar-refractivity contribution in [1.82, 2.24) is 14.9 Å². The molecule has 0 saturated carbocycles. The fourth-order valence-electron chi connectivity index (χ4n) is 2.68. The third kappa shape index (κ3) is 2.87. The summed E-state index contributed by atoms with van der Waals surface area (Å²) in [5, 5.41) is 0. The number of nitrogens with two attached hydrogens (primary N) is 1. The number of rotatable bonds is 3. The molecule has 0 amide bonds. The molecule has 0 aliphatic carbocycles. The van der Waals surface area contributed by atoms with Gasteiger partial charge in [0.05, 0.1) is 17.9 Å². The lowest BCUT2D eigenvalue weighted by molar-refractivity contribution is 0.0965. The smallest absolute Gasteiger partial charge is 0.0772 e. The zero-order valence-corrected chi connectivity index (χ0v) is 11.5. The van der Waals surface area contributed by atoms with Crippen molar-refractivity contribution in [1.29, 1.82) is 0 Å². The van der Waals surface area contributed by atoms with Gasteiger partial charge in [0.15, 0.2) is 0 Å². The summed E-state index contributed by atoms with van der Waals surface area (Å²) in [6, 6.07) is -0.0932. The van der Waals surface area contributed by atoms with Crippen LogP contribution >= 0.6 is 0 Å². The van der Waals surface area contributed by atoms with Gasteiger partial charge in [-0.1, -0.05) is 12.8 Å². The van der Waals surface area contributed by atoms with Gasteiger partial charge in [-0.25, -0.2) is 0 Å². The first-order valence-electron chi connectivity index (χ1n) is 6.89. The van der Waals surface area contributed by atoms with E-state index in [4.69, 9.17) is 5.73 Å². The molecule has 0 aromatic carbocycles. The molecule has 2 rings (SSSR count). The van der Waals surface area contributed by atoms with Crippen LogP contribution in [0.3, 0.4) is 0 Å². The van der Waals surface area contributed by atoms with Crippen LogP contribution in [0.1, 0.15) is 51.3 Å². The van der Waals surface area contributed by atoms with Crippen molar-refractivity contribution in [3.05, 3.63) is 24.3 Å². The highest BCUT2D eigenvalue weighted by atomic mass is 15.2. The van der Waals surface area contributed by atoms with E-state index >= 15 is 0 Å². The van der Waals surface area contributed by atoms with Crippen LogP contribution in [0.2, 0.25) is 0 Å². The van der Waals surface area contributed by atoms with E-state index in [-0.39, 0.29) is 11.6 Å². The fourth-order valence-corrected chi connectivity index (χ4v) is 2.68. The lowest BCUT2D eigenvalue weighted by Crippen LogP contribution is -2.51. The molecule has 1 unspecified atom stereocenters. The number of hydrogen-bond acceptors (Lipinski definition) is 4. The van der Waals surface area contributed by atoms with Crippen LogP contribution in [0.5, 0.6) is 0 Å². The molecular weight excluding hydrogens is 224 g/mol. The second-order valence-electron chi connectivity index (χ2n) is 5.66. The molecule has 1 aliphatic rings. The minimum absolute atomic E-state index is 0.0691. The molecule has 18 heavy (non-hydrogen) atoms. The van der Waals surface area contributed by atoms with Crippen molar-refractivity contribution in [3.63, 3.8) is 0 Å². The predicted octanol–water partition coefficient (Wildman–Crippen LogP) is 2.13. The van der Waals surface area contributed by atoms with Crippen LogP contribution in [-0.4, -0.2) is 33.5 Å². The first-order chi connectivity index (χ1) is 8.62. The van der Waals surface area contributed by atoms with E-state index < -0.39 is 0 Å². The van der Waals surface area contributed by atoms with Gasteiger partial charge in [0, 0.05) is 17.9 Å². The summed E-state index contributed by atoms with van der Waals surface area (Å²) in [7, 11) is 0. The van der Waals surface area contributed by atoms with E-state index in [2.05, 4.69) is 28.7 Å². The largest absolute Gasteiger partial charge is 0.321 e. The molecule has 1 atom stereocenters. The zero-order valence-electron chi connectivity index (χ0n) is 11.5. The number of hydrogen-bond donors (Lipinski definition) is 1. The lowest BCUT2D eigenvalue weighted by atomic mass is 9.90. The highest BCUT2D eigenvalue weighted by molar-refractivity contribution is 5.09. The molecule has 4 nitrogen and oxygen atoms in total. The van der Waals surface area contributed by atoms with Crippen LogP contribution in [-0.2, 0) is 0 Å². The Bertz CT molecular complexity index is 355. The van der Waals surface area contributed by atoms with Gasteiger partial charge in [0.25, 0.3) is 0 Å². The van der Waals surface area contributed by atoms with Crippen LogP contribution in [0.15, 0.2) is 18.6 Å². The second-order valence-corrected chi connectivity index (χ2v) is 5.66. The summed E-state index contributed by atoms with van der Waals surface area (Å²) in [4.78, 5) is 11.0. The summed E-state index contributed by atoms with van der Waals surface area (Å²) in [5.41, 5.74) is 7.22. The van der Waals surface area contributed by atoms with Gasteiger partial charge in [-0.2, -0.15) is 0 Å². The van der Waals surface area contributed by atoms with Gasteiger partial charge in [-0.15, -0.1) is 0 Å². The maximum Gasteiger partial charge on any atom is 0.0772 e. The molecule has 0 spiro atoms. The Morgan fingerprint density at radius 1 is 1.17 bits per heavy atom. The molecule has 2 heterocycles. The van der Waals surface area contributed by atoms with Crippen molar-refractivity contribution in [2.24, 2.45) is 5.73 Å². The monoisotopic (exact) mass is 248 g/mol. The third-order valence-corrected chi connectivity index (χ3v) is 4.08. The Labute approximate surface area is 110 Å². The molecule has 0 radical (unpaired) electrons. The molecule has 100 valence electrons. The third-order valence-electron chi connectivity index (χ3n) is 4.08. The molecule has 1 aromatic heterocycles. The van der Waals surface area contributed by atoms with Crippen molar-refractivity contribution in [2.75, 3.05) is 13.1 Å². The molecular formula is C14H24N4. The first kappa shape index (κ1) is 13.4. The predicted molar refractivity (Wildman–Crippen MR) is 73.1 cm³/mol. The zero-order chi connectivity index (χ0) is 13.0. The summed E-state index contributed by atoms with van der Waals surface area (Å²) in [6.45, 7) is 6.72. The van der Waals surface area contributed by atoms with Gasteiger partial charge in [-0.05, 0) is 39.8 Å². The summed E-state index contributed by atoms with van der Waals surface area (Å²) in [5.74, 6) is 0. The average Bonchev–Trinajstić information content (AvgIpc) is 2.68. The lowest BCUT2D eigenvalue weighted by Gasteiger charge is -2.42. The Balaban J connectivity index is 2.13. The van der Waals surface area contributed by atoms with Crippen LogP contribution < -0.4 is 5.73 Å². The average molecular weight is 248 g/mol. The summed E-state index contributed by atoms with van der Waals surface area (Å²) >= 11 is 0. The van der Waals surface area contributed by atoms with E-state index in [9.17, 15) is 0 Å². The molecule has 2 N–H and O–H groups in total. The van der Waals surface area contributed by atoms with Crippen molar-refractivity contribution >= 4 is 0 Å². The van der Waals surface area contributed by atoms with Gasteiger partial charge in [0.2, 0.25) is 0 Å². The van der Waals surface area contributed by atoms with Crippen LogP contribution in [0.25, 0.3) is 0 Å². The van der Waals surface area contributed by atoms with Gasteiger partial charge in [0.1, 0.15) is 0 Å². The maximum atomic E-state index is 6.41. The molecule has 4 heteroatoms. The molecule has 0 bridgehead atoms. The highest BCUT2D eigenvalue weighted by Crippen LogP contribution is 2.29. The minimum atomic E-state index is -0.0932. The van der Waals surface area contributed by atoms with Crippen molar-refractivity contribution in [2.45, 2.75) is 51.1 Å². The van der Waals surface area contributed by atoms with Crippen LogP contribution in [0.4, 0.5) is 0 Å². The topological polar surface area (TPSA) is 55.0 Å². The van der Waals surface area contributed by atoms with E-state index in [1.165, 1.54) is 25.7 Å². The molecule has 1 aromatic rings. The highest BCUT2D eigenvalue weighted by Gasteiger charge is 2.35. The van der Waals surface area contributed by atoms with Crippen LogP contribution in [0, 0.1) is 0 Å². The Morgan fingerprint density at radius 3 is 2.39 bits per heavy atom. The van der Waals surface area contributed by atoms with E-state index in [1.807, 2.05) is 0 Å². The number of aromatic nitrogens is 2. The Kier molecular flexibility index (Phi) is 4.30. The summed E-state index contributed by atoms with van der Waals surface area (Å²) in [6.07, 6.45) is 10.4. The first-order valence-corrected chi connectivity index (χ1v) is 6.89. The fraction of sp³-hybridized carbons (Fsp3) is 0.714. The Morgan fingerprint density at radius 2 is 1.83 bits per heavy atom.